The number of carboxylic acid groups (broad SMARTS) is 1. The molecule has 0 heterocycles. The molecule has 1 rings (SSSR count). The van der Waals surface area contributed by atoms with Crippen molar-refractivity contribution in [3.63, 3.8) is 0 Å². The van der Waals surface area contributed by atoms with Gasteiger partial charge in [-0.05, 0) is 50.4 Å². The summed E-state index contributed by atoms with van der Waals surface area (Å²) in [6.45, 7) is 15.2. The molecule has 3 N–H and O–H groups in total. The highest BCUT2D eigenvalue weighted by Crippen LogP contribution is 2.22. The fourth-order valence-corrected chi connectivity index (χ4v) is 3.49. The number of aliphatic carboxylic acids is 1. The monoisotopic (exact) mass is 475 g/mol. The van der Waals surface area contributed by atoms with E-state index in [0.29, 0.717) is 24.6 Å². The summed E-state index contributed by atoms with van der Waals surface area (Å²) in [6, 6.07) is -0.350. The number of ether oxygens (including phenoxy) is 1. The number of methoxy groups -OCH3 is 1. The largest absolute Gasteiger partial charge is 0.497 e. The van der Waals surface area contributed by atoms with Gasteiger partial charge in [0.1, 0.15) is 17.6 Å². The van der Waals surface area contributed by atoms with E-state index in [1.54, 1.807) is 20.2 Å². The van der Waals surface area contributed by atoms with Gasteiger partial charge in [-0.2, -0.15) is 5.10 Å². The maximum atomic E-state index is 10.7. The van der Waals surface area contributed by atoms with Gasteiger partial charge in [-0.15, -0.1) is 0 Å². The lowest BCUT2D eigenvalue weighted by molar-refractivity contribution is -0.139. The Morgan fingerprint density at radius 3 is 2.38 bits per heavy atom. The summed E-state index contributed by atoms with van der Waals surface area (Å²) in [4.78, 5) is 16.9. The minimum Gasteiger partial charge on any atom is -0.497 e. The molecule has 8 heteroatoms. The quantitative estimate of drug-likeness (QED) is 0.115. The number of likely N-dealkylation sites (N-methyl/N-ethyl adjacent to an activating group) is 1. The summed E-state index contributed by atoms with van der Waals surface area (Å²) in [5.41, 5.74) is 3.74. The molecule has 1 aliphatic rings. The number of amidine groups is 1. The van der Waals surface area contributed by atoms with Gasteiger partial charge >= 0.3 is 5.97 Å². The Labute approximate surface area is 206 Å². The van der Waals surface area contributed by atoms with Crippen LogP contribution in [0, 0.1) is 5.92 Å². The lowest BCUT2D eigenvalue weighted by Crippen LogP contribution is -2.39. The Balaban J connectivity index is 0.000000679. The van der Waals surface area contributed by atoms with Crippen LogP contribution in [0.15, 0.2) is 58.9 Å². The number of rotatable bonds is 14. The fraction of sp³-hybridized carbons (Fsp3) is 0.577. The van der Waals surface area contributed by atoms with Crippen LogP contribution in [0.5, 0.6) is 0 Å². The molecule has 1 fully saturated rings. The molecule has 0 aromatic rings. The predicted molar refractivity (Wildman–Crippen MR) is 143 cm³/mol. The molecule has 1 unspecified atom stereocenters. The Hall–Kier alpha value is -2.71. The third-order valence-corrected chi connectivity index (χ3v) is 5.44. The van der Waals surface area contributed by atoms with Crippen LogP contribution in [0.25, 0.3) is 0 Å². The van der Waals surface area contributed by atoms with Crippen LogP contribution in [0.2, 0.25) is 0 Å². The van der Waals surface area contributed by atoms with Crippen LogP contribution >= 0.6 is 0 Å². The summed E-state index contributed by atoms with van der Waals surface area (Å²) < 4.78 is 4.92. The molecule has 0 bridgehead atoms. The highest BCUT2D eigenvalue weighted by Gasteiger charge is 2.18. The second-order valence-electron chi connectivity index (χ2n) is 8.37. The molecule has 0 radical (unpaired) electrons. The molecule has 0 aliphatic heterocycles. The van der Waals surface area contributed by atoms with Gasteiger partial charge in [0.2, 0.25) is 0 Å². The van der Waals surface area contributed by atoms with Crippen molar-refractivity contribution in [2.45, 2.75) is 51.5 Å². The van der Waals surface area contributed by atoms with Gasteiger partial charge in [-0.3, -0.25) is 20.1 Å². The SMILES string of the molecule is C=NNC(CN(C)CC(=C)/C=C\C=C/C(=C)OC)=NC.CCC(NCC1CCCCC1)C(=O)O. The van der Waals surface area contributed by atoms with Crippen LogP contribution in [0.4, 0.5) is 0 Å². The normalized spacial score (nSPS) is 15.6. The predicted octanol–water partition coefficient (Wildman–Crippen LogP) is 4.00. The third kappa shape index (κ3) is 16.0. The molecule has 0 spiro atoms. The van der Waals surface area contributed by atoms with E-state index in [4.69, 9.17) is 9.84 Å². The maximum absolute atomic E-state index is 10.7. The zero-order chi connectivity index (χ0) is 25.8. The topological polar surface area (TPSA) is 98.5 Å². The van der Waals surface area contributed by atoms with Gasteiger partial charge < -0.3 is 15.2 Å². The summed E-state index contributed by atoms with van der Waals surface area (Å²) >= 11 is 0. The molecule has 0 aromatic carbocycles. The van der Waals surface area contributed by atoms with Crippen molar-refractivity contribution in [2.75, 3.05) is 40.8 Å². The van der Waals surface area contributed by atoms with Crippen molar-refractivity contribution in [3.8, 4) is 0 Å². The number of hydrogen-bond acceptors (Lipinski definition) is 6. The van der Waals surface area contributed by atoms with Gasteiger partial charge in [-0.1, -0.05) is 57.6 Å². The fourth-order valence-electron chi connectivity index (χ4n) is 3.49. The molecule has 0 amide bonds. The molecule has 34 heavy (non-hydrogen) atoms. The van der Waals surface area contributed by atoms with Crippen molar-refractivity contribution in [3.05, 3.63) is 48.8 Å². The van der Waals surface area contributed by atoms with Gasteiger partial charge in [0.15, 0.2) is 0 Å². The van der Waals surface area contributed by atoms with Crippen molar-refractivity contribution < 1.29 is 14.6 Å². The molecule has 1 atom stereocenters. The average molecular weight is 476 g/mol. The molecule has 1 saturated carbocycles. The second-order valence-corrected chi connectivity index (χ2v) is 8.37. The van der Waals surface area contributed by atoms with Crippen molar-refractivity contribution in [1.82, 2.24) is 15.6 Å². The number of carbonyl (C=O) groups is 1. The summed E-state index contributed by atoms with van der Waals surface area (Å²) in [7, 11) is 5.28. The van der Waals surface area contributed by atoms with Crippen molar-refractivity contribution in [2.24, 2.45) is 16.0 Å². The first-order valence-corrected chi connectivity index (χ1v) is 11.8. The highest BCUT2D eigenvalue weighted by molar-refractivity contribution is 5.83. The van der Waals surface area contributed by atoms with Crippen molar-refractivity contribution >= 4 is 18.5 Å². The van der Waals surface area contributed by atoms with E-state index in [2.05, 4.69) is 45.6 Å². The van der Waals surface area contributed by atoms with Crippen LogP contribution in [-0.4, -0.2) is 75.4 Å². The van der Waals surface area contributed by atoms with Gasteiger partial charge in [0, 0.05) is 20.3 Å². The molecule has 0 aromatic heterocycles. The van der Waals surface area contributed by atoms with Gasteiger partial charge in [0.25, 0.3) is 0 Å². The van der Waals surface area contributed by atoms with Crippen LogP contribution in [0.3, 0.4) is 0 Å². The smallest absolute Gasteiger partial charge is 0.320 e. The number of carboxylic acids is 1. The molecular weight excluding hydrogens is 430 g/mol. The number of hydrogen-bond donors (Lipinski definition) is 3. The lowest BCUT2D eigenvalue weighted by Gasteiger charge is -2.23. The summed E-state index contributed by atoms with van der Waals surface area (Å²) in [5.74, 6) is 1.36. The molecule has 8 nitrogen and oxygen atoms in total. The first-order valence-electron chi connectivity index (χ1n) is 11.8. The summed E-state index contributed by atoms with van der Waals surface area (Å²) in [6.07, 6.45) is 14.7. The van der Waals surface area contributed by atoms with Gasteiger partial charge in [0.05, 0.1) is 13.7 Å². The van der Waals surface area contributed by atoms with E-state index in [1.807, 2.05) is 32.2 Å². The standard InChI is InChI=1S/C15H24N4O.C11H21NO2/c1-13(9-7-8-10-14(2)20-6)11-19(5)12-15(16-3)18-17-4;1-2-10(11(13)14)12-8-9-6-4-3-5-7-9/h7-10H,1-2,4,11-12H2,3,5-6H3,(H,16,18);9-10,12H,2-8H2,1H3,(H,13,14)/b9-7-,10-8-;. The highest BCUT2D eigenvalue weighted by atomic mass is 16.5. The summed E-state index contributed by atoms with van der Waals surface area (Å²) in [5, 5.41) is 15.6. The molecule has 1 aliphatic carbocycles. The lowest BCUT2D eigenvalue weighted by atomic mass is 9.89. The van der Waals surface area contributed by atoms with Crippen molar-refractivity contribution in [1.29, 1.82) is 0 Å². The third-order valence-electron chi connectivity index (χ3n) is 5.44. The number of hydrazone groups is 1. The van der Waals surface area contributed by atoms with Crippen LogP contribution < -0.4 is 10.7 Å². The zero-order valence-corrected chi connectivity index (χ0v) is 21.6. The van der Waals surface area contributed by atoms with E-state index >= 15 is 0 Å². The van der Waals surface area contributed by atoms with E-state index in [0.717, 1.165) is 24.5 Å². The maximum Gasteiger partial charge on any atom is 0.320 e. The van der Waals surface area contributed by atoms with Crippen LogP contribution in [-0.2, 0) is 9.53 Å². The minimum absolute atomic E-state index is 0.350. The number of nitrogens with zero attached hydrogens (tertiary/aromatic N) is 3. The van der Waals surface area contributed by atoms with E-state index < -0.39 is 5.97 Å². The first kappa shape index (κ1) is 31.3. The number of aliphatic imine (C=N–C) groups is 1. The Bertz CT molecular complexity index is 709. The molecule has 0 saturated heterocycles. The minimum atomic E-state index is -0.719. The Morgan fingerprint density at radius 2 is 1.85 bits per heavy atom. The second kappa shape index (κ2) is 19.7. The average Bonchev–Trinajstić information content (AvgIpc) is 2.82. The molecular formula is C26H45N5O3. The Kier molecular flexibility index (Phi) is 18.2. The Morgan fingerprint density at radius 1 is 1.21 bits per heavy atom. The van der Waals surface area contributed by atoms with Gasteiger partial charge in [-0.25, -0.2) is 0 Å². The van der Waals surface area contributed by atoms with E-state index in [1.165, 1.54) is 32.1 Å². The molecule has 192 valence electrons. The first-order chi connectivity index (χ1) is 16.3. The van der Waals surface area contributed by atoms with E-state index in [-0.39, 0.29) is 6.04 Å². The van der Waals surface area contributed by atoms with E-state index in [9.17, 15) is 4.79 Å². The number of nitrogens with one attached hydrogen (secondary N) is 2. The van der Waals surface area contributed by atoms with Crippen LogP contribution in [0.1, 0.15) is 45.4 Å². The number of allylic oxidation sites excluding steroid dienone is 3. The zero-order valence-electron chi connectivity index (χ0n) is 21.6.